The highest BCUT2D eigenvalue weighted by Crippen LogP contribution is 2.24. The van der Waals surface area contributed by atoms with Crippen molar-refractivity contribution in [3.8, 4) is 0 Å². The van der Waals surface area contributed by atoms with Gasteiger partial charge in [-0.05, 0) is 0 Å². The average molecular weight is 305 g/mol. The van der Waals surface area contributed by atoms with Gasteiger partial charge in [0.25, 0.3) is 0 Å². The molecular weight excluding hydrogens is 286 g/mol. The maximum atomic E-state index is 11.2. The Kier molecular flexibility index (Phi) is 6.06. The van der Waals surface area contributed by atoms with E-state index < -0.39 is 48.6 Å². The first-order valence-electron chi connectivity index (χ1n) is 6.29. The molecule has 1 heterocycles. The van der Waals surface area contributed by atoms with E-state index in [1.54, 1.807) is 0 Å². The molecule has 3 N–H and O–H groups in total. The lowest BCUT2D eigenvalue weighted by Gasteiger charge is -2.41. The molecule has 0 saturated carbocycles. The van der Waals surface area contributed by atoms with Crippen molar-refractivity contribution >= 4 is 17.9 Å². The van der Waals surface area contributed by atoms with Crippen LogP contribution in [0.2, 0.25) is 0 Å². The molecule has 0 aromatic rings. The lowest BCUT2D eigenvalue weighted by Crippen LogP contribution is -2.64. The minimum atomic E-state index is -1.46. The Balaban J connectivity index is 2.94. The van der Waals surface area contributed by atoms with Crippen LogP contribution in [0.3, 0.4) is 0 Å². The second-order valence-corrected chi connectivity index (χ2v) is 4.59. The molecule has 0 aromatic carbocycles. The summed E-state index contributed by atoms with van der Waals surface area (Å²) in [6.07, 6.45) is -4.67. The first-order chi connectivity index (χ1) is 9.72. The van der Waals surface area contributed by atoms with Crippen LogP contribution in [0.1, 0.15) is 20.8 Å². The summed E-state index contributed by atoms with van der Waals surface area (Å²) in [6, 6.07) is -1.10. The minimum Gasteiger partial charge on any atom is -0.463 e. The third kappa shape index (κ3) is 4.96. The lowest BCUT2D eigenvalue weighted by molar-refractivity contribution is -0.260. The quantitative estimate of drug-likeness (QED) is 0.468. The number of hydrogen-bond donors (Lipinski definition) is 2. The Labute approximate surface area is 121 Å². The van der Waals surface area contributed by atoms with Crippen molar-refractivity contribution < 1.29 is 38.4 Å². The molecule has 1 rings (SSSR count). The van der Waals surface area contributed by atoms with E-state index in [1.165, 1.54) is 6.92 Å². The Bertz CT molecular complexity index is 412. The summed E-state index contributed by atoms with van der Waals surface area (Å²) in [5.41, 5.74) is 5.70. The second kappa shape index (κ2) is 7.34. The molecular formula is C12H19NO8. The lowest BCUT2D eigenvalue weighted by atomic mass is 9.97. The largest absolute Gasteiger partial charge is 0.463 e. The van der Waals surface area contributed by atoms with E-state index in [0.717, 1.165) is 13.8 Å². The minimum absolute atomic E-state index is 0.283. The third-order valence-electron chi connectivity index (χ3n) is 2.77. The second-order valence-electron chi connectivity index (χ2n) is 4.59. The zero-order valence-electron chi connectivity index (χ0n) is 12.0. The van der Waals surface area contributed by atoms with Crippen molar-refractivity contribution in [2.24, 2.45) is 5.73 Å². The monoisotopic (exact) mass is 305 g/mol. The number of nitrogens with two attached hydrogens (primary N) is 1. The van der Waals surface area contributed by atoms with Crippen LogP contribution in [0.25, 0.3) is 0 Å². The third-order valence-corrected chi connectivity index (χ3v) is 2.77. The number of carbonyl (C=O) groups is 3. The molecule has 0 bridgehead atoms. The van der Waals surface area contributed by atoms with Gasteiger partial charge in [-0.15, -0.1) is 0 Å². The molecule has 1 fully saturated rings. The van der Waals surface area contributed by atoms with Crippen LogP contribution in [0.15, 0.2) is 0 Å². The molecule has 0 aromatic heterocycles. The van der Waals surface area contributed by atoms with Gasteiger partial charge < -0.3 is 29.8 Å². The molecule has 21 heavy (non-hydrogen) atoms. The van der Waals surface area contributed by atoms with E-state index in [9.17, 15) is 19.5 Å². The van der Waals surface area contributed by atoms with Gasteiger partial charge in [0.05, 0.1) is 6.04 Å². The molecule has 5 atom stereocenters. The molecule has 120 valence electrons. The van der Waals surface area contributed by atoms with Crippen molar-refractivity contribution in [3.63, 3.8) is 0 Å². The fraction of sp³-hybridized carbons (Fsp3) is 0.750. The number of aliphatic hydroxyl groups is 1. The molecule has 9 heteroatoms. The van der Waals surface area contributed by atoms with Crippen LogP contribution in [-0.4, -0.2) is 60.3 Å². The number of esters is 3. The Morgan fingerprint density at radius 1 is 1.05 bits per heavy atom. The molecule has 0 spiro atoms. The highest BCUT2D eigenvalue weighted by Gasteiger charge is 2.48. The van der Waals surface area contributed by atoms with Crippen LogP contribution >= 0.6 is 0 Å². The van der Waals surface area contributed by atoms with Crippen molar-refractivity contribution in [1.82, 2.24) is 0 Å². The summed E-state index contributed by atoms with van der Waals surface area (Å²) in [5.74, 6) is -1.89. The van der Waals surface area contributed by atoms with E-state index in [2.05, 4.69) is 0 Å². The number of hydrogen-bond acceptors (Lipinski definition) is 9. The highest BCUT2D eigenvalue weighted by molar-refractivity contribution is 5.67. The molecule has 1 aliphatic rings. The van der Waals surface area contributed by atoms with Gasteiger partial charge in [0.15, 0.2) is 18.5 Å². The molecule has 1 saturated heterocycles. The molecule has 9 nitrogen and oxygen atoms in total. The topological polar surface area (TPSA) is 134 Å². The first kappa shape index (κ1) is 17.3. The van der Waals surface area contributed by atoms with E-state index in [4.69, 9.17) is 24.7 Å². The molecule has 0 aliphatic carbocycles. The Hall–Kier alpha value is -1.71. The summed E-state index contributed by atoms with van der Waals surface area (Å²) in [6.45, 7) is 3.22. The van der Waals surface area contributed by atoms with Crippen LogP contribution < -0.4 is 5.73 Å². The molecule has 0 unspecified atom stereocenters. The van der Waals surface area contributed by atoms with Gasteiger partial charge >= 0.3 is 17.9 Å². The summed E-state index contributed by atoms with van der Waals surface area (Å²) < 4.78 is 20.0. The first-order valence-corrected chi connectivity index (χ1v) is 6.29. The zero-order valence-corrected chi connectivity index (χ0v) is 12.0. The molecule has 0 radical (unpaired) electrons. The van der Waals surface area contributed by atoms with Crippen LogP contribution in [-0.2, 0) is 33.3 Å². The van der Waals surface area contributed by atoms with Gasteiger partial charge in [0, 0.05) is 20.8 Å². The summed E-state index contributed by atoms with van der Waals surface area (Å²) in [5, 5.41) is 9.73. The zero-order chi connectivity index (χ0) is 16.2. The fourth-order valence-electron chi connectivity index (χ4n) is 1.95. The number of carbonyl (C=O) groups excluding carboxylic acids is 3. The van der Waals surface area contributed by atoms with E-state index in [1.807, 2.05) is 0 Å². The van der Waals surface area contributed by atoms with Crippen LogP contribution in [0.4, 0.5) is 0 Å². The highest BCUT2D eigenvalue weighted by atomic mass is 16.7. The van der Waals surface area contributed by atoms with Gasteiger partial charge in [-0.2, -0.15) is 0 Å². The average Bonchev–Trinajstić information content (AvgIpc) is 2.35. The van der Waals surface area contributed by atoms with Crippen molar-refractivity contribution in [1.29, 1.82) is 0 Å². The smallest absolute Gasteiger partial charge is 0.303 e. The Morgan fingerprint density at radius 2 is 1.57 bits per heavy atom. The fourth-order valence-corrected chi connectivity index (χ4v) is 1.95. The van der Waals surface area contributed by atoms with Gasteiger partial charge in [0.1, 0.15) is 12.7 Å². The normalized spacial score (nSPS) is 32.1. The summed E-state index contributed by atoms with van der Waals surface area (Å²) >= 11 is 0. The van der Waals surface area contributed by atoms with Crippen LogP contribution in [0.5, 0.6) is 0 Å². The number of rotatable bonds is 4. The predicted molar refractivity (Wildman–Crippen MR) is 66.6 cm³/mol. The molecule has 0 amide bonds. The van der Waals surface area contributed by atoms with Crippen molar-refractivity contribution in [3.05, 3.63) is 0 Å². The maximum Gasteiger partial charge on any atom is 0.303 e. The number of ether oxygens (including phenoxy) is 4. The summed E-state index contributed by atoms with van der Waals surface area (Å²) in [4.78, 5) is 33.2. The Morgan fingerprint density at radius 3 is 2.05 bits per heavy atom. The van der Waals surface area contributed by atoms with Gasteiger partial charge in [-0.25, -0.2) is 0 Å². The standard InChI is InChI=1S/C12H19NO8/c1-5(14)18-4-8-10(19-6(2)15)11(20-7(3)16)9(13)12(17)21-8/h8-12,17H,4,13H2,1-3H3/t8-,9-,10-,11+,12+/m1/s1. The number of aliphatic hydroxyl groups excluding tert-OH is 1. The molecule has 1 aliphatic heterocycles. The van der Waals surface area contributed by atoms with Gasteiger partial charge in [0.2, 0.25) is 0 Å². The van der Waals surface area contributed by atoms with Crippen LogP contribution in [0, 0.1) is 0 Å². The SMILES string of the molecule is CC(=O)OC[C@H]1O[C@H](O)[C@H](N)[C@H](OC(C)=O)[C@@H]1OC(C)=O. The van der Waals surface area contributed by atoms with E-state index >= 15 is 0 Å². The van der Waals surface area contributed by atoms with E-state index in [-0.39, 0.29) is 6.61 Å². The summed E-state index contributed by atoms with van der Waals surface area (Å²) in [7, 11) is 0. The predicted octanol–water partition coefficient (Wildman–Crippen LogP) is -1.54. The van der Waals surface area contributed by atoms with Crippen molar-refractivity contribution in [2.75, 3.05) is 6.61 Å². The maximum absolute atomic E-state index is 11.2. The van der Waals surface area contributed by atoms with Gasteiger partial charge in [-0.1, -0.05) is 0 Å². The van der Waals surface area contributed by atoms with Crippen molar-refractivity contribution in [2.45, 2.75) is 51.4 Å². The van der Waals surface area contributed by atoms with E-state index in [0.29, 0.717) is 0 Å². The van der Waals surface area contributed by atoms with Gasteiger partial charge in [-0.3, -0.25) is 14.4 Å².